The first-order valence-electron chi connectivity index (χ1n) is 8.79. The van der Waals surface area contributed by atoms with E-state index in [-0.39, 0.29) is 19.0 Å². The number of aliphatic hydroxyl groups is 2. The third kappa shape index (κ3) is 3.96. The molecule has 0 spiro atoms. The van der Waals surface area contributed by atoms with Gasteiger partial charge >= 0.3 is 0 Å². The summed E-state index contributed by atoms with van der Waals surface area (Å²) >= 11 is 0. The molecule has 134 valence electrons. The van der Waals surface area contributed by atoms with Gasteiger partial charge in [-0.05, 0) is 40.3 Å². The highest BCUT2D eigenvalue weighted by molar-refractivity contribution is 5.49. The molecule has 0 heterocycles. The van der Waals surface area contributed by atoms with Gasteiger partial charge in [-0.1, -0.05) is 66.2 Å². The van der Waals surface area contributed by atoms with Crippen molar-refractivity contribution in [2.75, 3.05) is 0 Å². The summed E-state index contributed by atoms with van der Waals surface area (Å²) in [5.41, 5.74) is 6.55. The number of aryl methyl sites for hydroxylation is 1. The van der Waals surface area contributed by atoms with Gasteiger partial charge in [0.05, 0.1) is 13.2 Å². The maximum atomic E-state index is 10.8. The Morgan fingerprint density at radius 2 is 1.00 bits per heavy atom. The molecule has 0 aliphatic carbocycles. The number of hydrogen-bond donors (Lipinski definition) is 3. The molecule has 3 N–H and O–H groups in total. The van der Waals surface area contributed by atoms with E-state index < -0.39 is 0 Å². The number of rotatable bonds is 6. The molecule has 26 heavy (non-hydrogen) atoms. The van der Waals surface area contributed by atoms with E-state index in [0.717, 1.165) is 38.9 Å². The number of aromatic hydroxyl groups is 1. The molecule has 3 nitrogen and oxygen atoms in total. The lowest BCUT2D eigenvalue weighted by Gasteiger charge is -2.15. The maximum Gasteiger partial charge on any atom is 0.122 e. The van der Waals surface area contributed by atoms with Crippen molar-refractivity contribution in [2.24, 2.45) is 0 Å². The molecule has 0 bridgehead atoms. The van der Waals surface area contributed by atoms with Gasteiger partial charge in [0.25, 0.3) is 0 Å². The first-order chi connectivity index (χ1) is 12.6. The lowest BCUT2D eigenvalue weighted by atomic mass is 9.93. The predicted molar refractivity (Wildman–Crippen MR) is 103 cm³/mol. The van der Waals surface area contributed by atoms with Gasteiger partial charge < -0.3 is 15.3 Å². The summed E-state index contributed by atoms with van der Waals surface area (Å²) in [6, 6.07) is 19.4. The van der Waals surface area contributed by atoms with Crippen molar-refractivity contribution in [1.29, 1.82) is 0 Å². The Labute approximate surface area is 154 Å². The quantitative estimate of drug-likeness (QED) is 0.634. The summed E-state index contributed by atoms with van der Waals surface area (Å²) < 4.78 is 0. The fraction of sp³-hybridized carbons (Fsp3) is 0.217. The van der Waals surface area contributed by atoms with Crippen LogP contribution in [0.5, 0.6) is 5.75 Å². The Bertz CT molecular complexity index is 829. The molecule has 0 aromatic heterocycles. The summed E-state index contributed by atoms with van der Waals surface area (Å²) in [6.07, 6.45) is 1.14. The average molecular weight is 348 g/mol. The van der Waals surface area contributed by atoms with Crippen molar-refractivity contribution in [3.63, 3.8) is 0 Å². The second-order valence-electron chi connectivity index (χ2n) is 6.64. The fourth-order valence-electron chi connectivity index (χ4n) is 3.38. The van der Waals surface area contributed by atoms with E-state index in [2.05, 4.69) is 0 Å². The predicted octanol–water partition coefficient (Wildman–Crippen LogP) is 3.87. The van der Waals surface area contributed by atoms with Gasteiger partial charge in [0, 0.05) is 12.8 Å². The normalized spacial score (nSPS) is 10.9. The van der Waals surface area contributed by atoms with Crippen LogP contribution in [-0.4, -0.2) is 15.3 Å². The zero-order chi connectivity index (χ0) is 18.5. The molecular formula is C23H24O3. The van der Waals surface area contributed by atoms with Crippen LogP contribution in [0.1, 0.15) is 38.9 Å². The molecule has 3 aromatic rings. The third-order valence-corrected chi connectivity index (χ3v) is 4.75. The first-order valence-corrected chi connectivity index (χ1v) is 8.79. The van der Waals surface area contributed by atoms with E-state index in [1.165, 1.54) is 0 Å². The van der Waals surface area contributed by atoms with Crippen molar-refractivity contribution < 1.29 is 15.3 Å². The Hall–Kier alpha value is -2.62. The molecule has 0 atom stereocenters. The highest BCUT2D eigenvalue weighted by atomic mass is 16.3. The van der Waals surface area contributed by atoms with Gasteiger partial charge in [-0.25, -0.2) is 0 Å². The van der Waals surface area contributed by atoms with Gasteiger partial charge in [-0.15, -0.1) is 0 Å². The summed E-state index contributed by atoms with van der Waals surface area (Å²) in [5.74, 6) is 0.288. The maximum absolute atomic E-state index is 10.8. The van der Waals surface area contributed by atoms with Crippen LogP contribution in [0.25, 0.3) is 0 Å². The highest BCUT2D eigenvalue weighted by Crippen LogP contribution is 2.30. The van der Waals surface area contributed by atoms with Crippen LogP contribution in [0.4, 0.5) is 0 Å². The molecule has 0 aliphatic heterocycles. The van der Waals surface area contributed by atoms with E-state index in [1.807, 2.05) is 67.6 Å². The minimum Gasteiger partial charge on any atom is -0.507 e. The Morgan fingerprint density at radius 3 is 1.38 bits per heavy atom. The molecule has 3 aromatic carbocycles. The van der Waals surface area contributed by atoms with E-state index in [1.54, 1.807) is 0 Å². The Balaban J connectivity index is 1.96. The fourth-order valence-corrected chi connectivity index (χ4v) is 3.38. The van der Waals surface area contributed by atoms with E-state index in [4.69, 9.17) is 0 Å². The summed E-state index contributed by atoms with van der Waals surface area (Å²) in [4.78, 5) is 0. The number of phenols is 1. The molecular weight excluding hydrogens is 324 g/mol. The number of benzene rings is 3. The Morgan fingerprint density at radius 1 is 0.615 bits per heavy atom. The van der Waals surface area contributed by atoms with E-state index >= 15 is 0 Å². The van der Waals surface area contributed by atoms with Crippen LogP contribution in [0, 0.1) is 6.92 Å². The van der Waals surface area contributed by atoms with Crippen LogP contribution in [0.3, 0.4) is 0 Å². The van der Waals surface area contributed by atoms with E-state index in [9.17, 15) is 15.3 Å². The van der Waals surface area contributed by atoms with Gasteiger partial charge in [0.1, 0.15) is 5.75 Å². The molecule has 0 radical (unpaired) electrons. The second-order valence-corrected chi connectivity index (χ2v) is 6.64. The zero-order valence-corrected chi connectivity index (χ0v) is 14.9. The molecule has 3 heteroatoms. The number of hydrogen-bond acceptors (Lipinski definition) is 3. The summed E-state index contributed by atoms with van der Waals surface area (Å²) in [5, 5.41) is 29.9. The van der Waals surface area contributed by atoms with Crippen molar-refractivity contribution >= 4 is 0 Å². The Kier molecular flexibility index (Phi) is 5.71. The lowest BCUT2D eigenvalue weighted by molar-refractivity contribution is 0.280. The molecule has 0 unspecified atom stereocenters. The topological polar surface area (TPSA) is 60.7 Å². The molecule has 0 aliphatic rings. The van der Waals surface area contributed by atoms with Gasteiger partial charge in [-0.2, -0.15) is 0 Å². The average Bonchev–Trinajstić information content (AvgIpc) is 2.66. The zero-order valence-electron chi connectivity index (χ0n) is 14.9. The van der Waals surface area contributed by atoms with Crippen molar-refractivity contribution in [3.8, 4) is 5.75 Å². The number of phenolic OH excluding ortho intramolecular Hbond substituents is 1. The second kappa shape index (κ2) is 8.17. The van der Waals surface area contributed by atoms with Crippen molar-refractivity contribution in [3.05, 3.63) is 99.6 Å². The minimum absolute atomic E-state index is 0.0144. The van der Waals surface area contributed by atoms with Crippen LogP contribution < -0.4 is 0 Å². The number of aliphatic hydroxyl groups excluding tert-OH is 2. The first kappa shape index (κ1) is 18.2. The van der Waals surface area contributed by atoms with Crippen LogP contribution in [-0.2, 0) is 26.1 Å². The van der Waals surface area contributed by atoms with Gasteiger partial charge in [0.15, 0.2) is 0 Å². The van der Waals surface area contributed by atoms with Crippen molar-refractivity contribution in [2.45, 2.75) is 33.0 Å². The highest BCUT2D eigenvalue weighted by Gasteiger charge is 2.13. The molecule has 0 saturated heterocycles. The van der Waals surface area contributed by atoms with Gasteiger partial charge in [-0.3, -0.25) is 0 Å². The van der Waals surface area contributed by atoms with Gasteiger partial charge in [0.2, 0.25) is 0 Å². The minimum atomic E-state index is -0.0144. The molecule has 0 saturated carbocycles. The van der Waals surface area contributed by atoms with Crippen LogP contribution >= 0.6 is 0 Å². The summed E-state index contributed by atoms with van der Waals surface area (Å²) in [7, 11) is 0. The monoisotopic (exact) mass is 348 g/mol. The standard InChI is InChI=1S/C23H24O3/c1-16-10-21(12-17-6-2-4-8-19(17)14-24)23(26)22(11-16)13-18-7-3-5-9-20(18)15-25/h2-11,24-26H,12-15H2,1H3. The SMILES string of the molecule is Cc1cc(Cc2ccccc2CO)c(O)c(Cc2ccccc2CO)c1. The van der Waals surface area contributed by atoms with E-state index in [0.29, 0.717) is 12.8 Å². The largest absolute Gasteiger partial charge is 0.507 e. The molecule has 0 fully saturated rings. The molecule has 0 amide bonds. The van der Waals surface area contributed by atoms with Crippen LogP contribution in [0.15, 0.2) is 60.7 Å². The van der Waals surface area contributed by atoms with Crippen molar-refractivity contribution in [1.82, 2.24) is 0 Å². The summed E-state index contributed by atoms with van der Waals surface area (Å²) in [6.45, 7) is 1.99. The smallest absolute Gasteiger partial charge is 0.122 e. The van der Waals surface area contributed by atoms with Crippen LogP contribution in [0.2, 0.25) is 0 Å². The molecule has 3 rings (SSSR count). The third-order valence-electron chi connectivity index (χ3n) is 4.75. The lowest BCUT2D eigenvalue weighted by Crippen LogP contribution is -2.00.